The zero-order valence-electron chi connectivity index (χ0n) is 13.1. The van der Waals surface area contributed by atoms with Crippen molar-refractivity contribution in [3.63, 3.8) is 0 Å². The van der Waals surface area contributed by atoms with Gasteiger partial charge in [0, 0.05) is 29.8 Å². The van der Waals surface area contributed by atoms with E-state index in [-0.39, 0.29) is 5.03 Å². The topological polar surface area (TPSA) is 52.0 Å². The van der Waals surface area contributed by atoms with E-state index in [0.717, 1.165) is 18.8 Å². The van der Waals surface area contributed by atoms with Gasteiger partial charge in [0.15, 0.2) is 5.03 Å². The number of aryl methyl sites for hydroxylation is 2. The van der Waals surface area contributed by atoms with Crippen molar-refractivity contribution in [2.45, 2.75) is 83.2 Å². The molecule has 0 aliphatic carbocycles. The van der Waals surface area contributed by atoms with E-state index in [0.29, 0.717) is 6.42 Å². The third-order valence-electron chi connectivity index (χ3n) is 3.66. The molecule has 0 spiro atoms. The Kier molecular flexibility index (Phi) is 8.34. The first kappa shape index (κ1) is 18.5. The van der Waals surface area contributed by atoms with E-state index in [4.69, 9.17) is 10.7 Å². The summed E-state index contributed by atoms with van der Waals surface area (Å²) in [7, 11) is 1.62. The number of halogens is 1. The third-order valence-corrected chi connectivity index (χ3v) is 4.83. The predicted octanol–water partition coefficient (Wildman–Crippen LogP) is 4.51. The molecule has 0 aromatic carbocycles. The van der Waals surface area contributed by atoms with Crippen molar-refractivity contribution in [3.8, 4) is 0 Å². The highest BCUT2D eigenvalue weighted by atomic mass is 35.7. The van der Waals surface area contributed by atoms with Gasteiger partial charge in [-0.1, -0.05) is 58.8 Å². The molecule has 0 unspecified atom stereocenters. The minimum Gasteiger partial charge on any atom is -0.334 e. The molecule has 0 bridgehead atoms. The molecule has 1 heterocycles. The molecule has 6 heteroatoms. The molecule has 1 rings (SSSR count). The minimum absolute atomic E-state index is 0.0272. The number of unbranched alkanes of at least 4 members (excludes halogenated alkanes) is 7. The van der Waals surface area contributed by atoms with E-state index in [1.807, 2.05) is 11.5 Å². The average molecular weight is 335 g/mol. The fourth-order valence-electron chi connectivity index (χ4n) is 2.44. The Morgan fingerprint density at radius 1 is 1.05 bits per heavy atom. The van der Waals surface area contributed by atoms with Gasteiger partial charge in [-0.25, -0.2) is 13.4 Å². The highest BCUT2D eigenvalue weighted by Gasteiger charge is 2.16. The van der Waals surface area contributed by atoms with E-state index in [2.05, 4.69) is 11.9 Å². The smallest absolute Gasteiger partial charge is 0.280 e. The molecule has 0 fully saturated rings. The van der Waals surface area contributed by atoms with Gasteiger partial charge in [0.1, 0.15) is 5.82 Å². The fraction of sp³-hybridized carbons (Fsp3) is 0.800. The normalized spacial score (nSPS) is 12.0. The molecule has 0 atom stereocenters. The molecule has 0 saturated carbocycles. The first-order valence-electron chi connectivity index (χ1n) is 7.99. The van der Waals surface area contributed by atoms with Crippen molar-refractivity contribution in [1.82, 2.24) is 9.55 Å². The van der Waals surface area contributed by atoms with E-state index in [1.54, 1.807) is 6.20 Å². The van der Waals surface area contributed by atoms with Gasteiger partial charge in [0.05, 0.1) is 0 Å². The Morgan fingerprint density at radius 3 is 2.14 bits per heavy atom. The number of imidazole rings is 1. The minimum atomic E-state index is -3.72. The van der Waals surface area contributed by atoms with Crippen LogP contribution >= 0.6 is 10.7 Å². The zero-order chi connectivity index (χ0) is 15.7. The summed E-state index contributed by atoms with van der Waals surface area (Å²) < 4.78 is 24.5. The Morgan fingerprint density at radius 2 is 1.62 bits per heavy atom. The summed E-state index contributed by atoms with van der Waals surface area (Å²) in [4.78, 5) is 4.09. The Labute approximate surface area is 133 Å². The highest BCUT2D eigenvalue weighted by Crippen LogP contribution is 2.16. The highest BCUT2D eigenvalue weighted by molar-refractivity contribution is 8.13. The van der Waals surface area contributed by atoms with Gasteiger partial charge in [0.2, 0.25) is 0 Å². The lowest BCUT2D eigenvalue weighted by Crippen LogP contribution is -2.01. The second-order valence-corrected chi connectivity index (χ2v) is 7.97. The van der Waals surface area contributed by atoms with Crippen molar-refractivity contribution in [2.75, 3.05) is 0 Å². The van der Waals surface area contributed by atoms with Crippen LogP contribution in [0.3, 0.4) is 0 Å². The summed E-state index contributed by atoms with van der Waals surface area (Å²) in [5.41, 5.74) is 0. The van der Waals surface area contributed by atoms with E-state index >= 15 is 0 Å². The molecule has 1 aromatic heterocycles. The van der Waals surface area contributed by atoms with Gasteiger partial charge in [-0.2, -0.15) is 0 Å². The quantitative estimate of drug-likeness (QED) is 0.442. The van der Waals surface area contributed by atoms with Crippen molar-refractivity contribution in [3.05, 3.63) is 12.0 Å². The van der Waals surface area contributed by atoms with Gasteiger partial charge in [0.25, 0.3) is 9.05 Å². The number of hydrogen-bond acceptors (Lipinski definition) is 3. The summed E-state index contributed by atoms with van der Waals surface area (Å²) in [6, 6.07) is 0. The first-order valence-corrected chi connectivity index (χ1v) is 10.3. The first-order chi connectivity index (χ1) is 9.99. The van der Waals surface area contributed by atoms with Crippen LogP contribution in [0.2, 0.25) is 0 Å². The monoisotopic (exact) mass is 334 g/mol. The molecule has 21 heavy (non-hydrogen) atoms. The second-order valence-electron chi connectivity index (χ2n) is 5.46. The van der Waals surface area contributed by atoms with Crippen molar-refractivity contribution >= 4 is 19.7 Å². The number of rotatable bonds is 11. The van der Waals surface area contributed by atoms with E-state index in [9.17, 15) is 8.42 Å². The Bertz CT molecular complexity index is 512. The zero-order valence-corrected chi connectivity index (χ0v) is 14.7. The SMILES string of the molecule is CCCCCCCCCCn1cc(S(=O)(=O)Cl)nc1CC. The molecule has 122 valence electrons. The molecule has 0 aliphatic heterocycles. The maximum Gasteiger partial charge on any atom is 0.280 e. The van der Waals surface area contributed by atoms with Crippen LogP contribution in [0.1, 0.15) is 71.0 Å². The molecule has 0 N–H and O–H groups in total. The van der Waals surface area contributed by atoms with Crippen molar-refractivity contribution in [1.29, 1.82) is 0 Å². The Balaban J connectivity index is 2.33. The standard InChI is InChI=1S/C15H27ClN2O2S/c1-3-5-6-7-8-9-10-11-12-18-13-15(21(16,19)20)17-14(18)4-2/h13H,3-12H2,1-2H3. The van der Waals surface area contributed by atoms with Crippen LogP contribution in [0.5, 0.6) is 0 Å². The predicted molar refractivity (Wildman–Crippen MR) is 87.3 cm³/mol. The molecular weight excluding hydrogens is 308 g/mol. The maximum atomic E-state index is 11.3. The molecular formula is C15H27ClN2O2S. The van der Waals surface area contributed by atoms with Crippen molar-refractivity contribution in [2.24, 2.45) is 0 Å². The number of nitrogens with zero attached hydrogens (tertiary/aromatic N) is 2. The Hall–Kier alpha value is -0.550. The second kappa shape index (κ2) is 9.46. The van der Waals surface area contributed by atoms with Crippen LogP contribution in [0.25, 0.3) is 0 Å². The number of hydrogen-bond donors (Lipinski definition) is 0. The van der Waals surface area contributed by atoms with Crippen LogP contribution in [0.4, 0.5) is 0 Å². The summed E-state index contributed by atoms with van der Waals surface area (Å²) in [6.07, 6.45) is 12.3. The summed E-state index contributed by atoms with van der Waals surface area (Å²) in [5.74, 6) is 0.789. The maximum absolute atomic E-state index is 11.3. The lowest BCUT2D eigenvalue weighted by molar-refractivity contribution is 0.536. The van der Waals surface area contributed by atoms with Gasteiger partial charge >= 0.3 is 0 Å². The van der Waals surface area contributed by atoms with Crippen LogP contribution in [-0.2, 0) is 22.0 Å². The van der Waals surface area contributed by atoms with Crippen LogP contribution in [0, 0.1) is 0 Å². The third kappa shape index (κ3) is 6.83. The van der Waals surface area contributed by atoms with Gasteiger partial charge in [-0.05, 0) is 6.42 Å². The van der Waals surface area contributed by atoms with Gasteiger partial charge < -0.3 is 4.57 Å². The van der Waals surface area contributed by atoms with Gasteiger partial charge in [-0.15, -0.1) is 0 Å². The lowest BCUT2D eigenvalue weighted by atomic mass is 10.1. The van der Waals surface area contributed by atoms with Crippen LogP contribution in [0.15, 0.2) is 11.2 Å². The summed E-state index contributed by atoms with van der Waals surface area (Å²) in [6.45, 7) is 5.01. The molecule has 4 nitrogen and oxygen atoms in total. The molecule has 0 amide bonds. The van der Waals surface area contributed by atoms with E-state index in [1.165, 1.54) is 44.9 Å². The molecule has 0 saturated heterocycles. The largest absolute Gasteiger partial charge is 0.334 e. The fourth-order valence-corrected chi connectivity index (χ4v) is 3.13. The lowest BCUT2D eigenvalue weighted by Gasteiger charge is -2.06. The molecule has 0 aliphatic rings. The van der Waals surface area contributed by atoms with Crippen LogP contribution < -0.4 is 0 Å². The van der Waals surface area contributed by atoms with Crippen molar-refractivity contribution < 1.29 is 8.42 Å². The molecule has 0 radical (unpaired) electrons. The summed E-state index contributed by atoms with van der Waals surface area (Å²) in [5, 5.41) is -0.0272. The molecule has 1 aromatic rings. The van der Waals surface area contributed by atoms with E-state index < -0.39 is 9.05 Å². The van der Waals surface area contributed by atoms with Crippen LogP contribution in [-0.4, -0.2) is 18.0 Å². The average Bonchev–Trinajstić information content (AvgIpc) is 2.85. The number of aromatic nitrogens is 2. The summed E-state index contributed by atoms with van der Waals surface area (Å²) >= 11 is 0. The van der Waals surface area contributed by atoms with Gasteiger partial charge in [-0.3, -0.25) is 0 Å².